The third-order valence-corrected chi connectivity index (χ3v) is 12.9. The molecule has 1 saturated carbocycles. The summed E-state index contributed by atoms with van der Waals surface area (Å²) in [7, 11) is 1.27. The maximum atomic E-state index is 11.6. The van der Waals surface area contributed by atoms with Gasteiger partial charge >= 0.3 is 13.2 Å². The second-order valence-electron chi connectivity index (χ2n) is 20.0. The largest absolute Gasteiger partial charge is 0.494 e. The highest BCUT2D eigenvalue weighted by Crippen LogP contribution is 2.52. The third kappa shape index (κ3) is 12.8. The van der Waals surface area contributed by atoms with Gasteiger partial charge in [-0.25, -0.2) is 15.2 Å². The lowest BCUT2D eigenvalue weighted by molar-refractivity contribution is -0.0223. The maximum Gasteiger partial charge on any atom is 0.494 e. The molecule has 1 aromatic carbocycles. The number of benzene rings is 1. The van der Waals surface area contributed by atoms with Crippen molar-refractivity contribution in [1.82, 2.24) is 25.3 Å². The molecular weight excluding hydrogens is 811 g/mol. The molecule has 15 heteroatoms. The van der Waals surface area contributed by atoms with Crippen molar-refractivity contribution in [1.29, 1.82) is 0 Å². The van der Waals surface area contributed by atoms with Crippen LogP contribution in [0.1, 0.15) is 133 Å². The van der Waals surface area contributed by atoms with Gasteiger partial charge in [0.15, 0.2) is 0 Å². The van der Waals surface area contributed by atoms with Gasteiger partial charge in [-0.05, 0) is 137 Å². The highest BCUT2D eigenvalue weighted by molar-refractivity contribution is 6.62. The van der Waals surface area contributed by atoms with Gasteiger partial charge in [-0.1, -0.05) is 26.0 Å². The molecule has 3 N–H and O–H groups in total. The molecule has 3 aliphatic heterocycles. The molecule has 358 valence electrons. The number of carbonyl (C=O) groups excluding carboxylic acids is 1. The second-order valence-corrected chi connectivity index (χ2v) is 20.0. The number of nitrogens with zero attached hydrogens (tertiary/aromatic N) is 4. The molecule has 0 spiro atoms. The highest BCUT2D eigenvalue weighted by Gasteiger charge is 2.52. The van der Waals surface area contributed by atoms with Gasteiger partial charge < -0.3 is 48.1 Å². The minimum Gasteiger partial charge on any atom is -0.443 e. The first-order chi connectivity index (χ1) is 30.3. The molecule has 7 rings (SSSR count). The minimum absolute atomic E-state index is 0.0397. The number of aliphatic hydroxyl groups is 1. The van der Waals surface area contributed by atoms with E-state index in [0.29, 0.717) is 25.8 Å². The fourth-order valence-electron chi connectivity index (χ4n) is 8.45. The fraction of sp³-hybridized carbons (Fsp3) is 0.714. The van der Waals surface area contributed by atoms with Crippen molar-refractivity contribution in [2.45, 2.75) is 164 Å². The molecular formula is C49H81BN6O8. The monoisotopic (exact) mass is 893 g/mol. The van der Waals surface area contributed by atoms with E-state index in [1.807, 2.05) is 40.8 Å². The predicted octanol–water partition coefficient (Wildman–Crippen LogP) is 7.77. The Morgan fingerprint density at radius 2 is 1.70 bits per heavy atom. The van der Waals surface area contributed by atoms with Crippen LogP contribution in [0.15, 0.2) is 30.5 Å². The van der Waals surface area contributed by atoms with E-state index in [4.69, 9.17) is 33.2 Å². The van der Waals surface area contributed by atoms with E-state index >= 15 is 0 Å². The van der Waals surface area contributed by atoms with Crippen molar-refractivity contribution in [3.63, 3.8) is 0 Å². The van der Waals surface area contributed by atoms with E-state index in [1.54, 1.807) is 12.1 Å². The van der Waals surface area contributed by atoms with Crippen LogP contribution < -0.4 is 21.1 Å². The van der Waals surface area contributed by atoms with Crippen LogP contribution in [0.2, 0.25) is 0 Å². The first-order valence-corrected chi connectivity index (χ1v) is 23.8. The topological polar surface area (TPSA) is 141 Å². The Kier molecular flexibility index (Phi) is 17.8. The van der Waals surface area contributed by atoms with Crippen LogP contribution in [-0.2, 0) is 41.2 Å². The van der Waals surface area contributed by atoms with Crippen molar-refractivity contribution in [3.05, 3.63) is 41.7 Å². The van der Waals surface area contributed by atoms with E-state index in [9.17, 15) is 9.90 Å². The number of amides is 1. The second kappa shape index (κ2) is 22.0. The van der Waals surface area contributed by atoms with Gasteiger partial charge in [0.1, 0.15) is 12.4 Å². The van der Waals surface area contributed by atoms with Crippen molar-refractivity contribution >= 4 is 35.3 Å². The normalized spacial score (nSPS) is 20.7. The predicted molar refractivity (Wildman–Crippen MR) is 257 cm³/mol. The molecule has 3 saturated heterocycles. The first kappa shape index (κ1) is 51.7. The zero-order valence-electron chi connectivity index (χ0n) is 41.7. The zero-order valence-corrected chi connectivity index (χ0v) is 41.7. The molecule has 5 heterocycles. The van der Waals surface area contributed by atoms with Crippen molar-refractivity contribution in [2.24, 2.45) is 5.41 Å². The van der Waals surface area contributed by atoms with E-state index in [1.165, 1.54) is 10.9 Å². The quantitative estimate of drug-likeness (QED) is 0.108. The number of hydrogen-bond acceptors (Lipinski definition) is 12. The van der Waals surface area contributed by atoms with Crippen LogP contribution >= 0.6 is 0 Å². The van der Waals surface area contributed by atoms with Gasteiger partial charge in [0.05, 0.1) is 59.9 Å². The molecule has 1 amide bonds. The third-order valence-electron chi connectivity index (χ3n) is 12.9. The number of anilines is 1. The number of carbonyl (C=O) groups is 1. The standard InChI is InChI=1S/C37H55BN4O6.C10H20N2O2.C2H6/c1-25(2)46-18-17-42-32-10-9-27(38-47-35(4,5)36(6,7)48-38)19-29(32)31(21-37(11-12-37)23-45-24-43)34(42)30-20-28(41-15-13-39-14-16-41)22-40-33(30)26(3)44-8;1-8-6-5-7-12(11-8)9(13)14-10(2,3)4;1-2/h9-10,19-20,22,25-26,39,43H,11-18,21,23-24H2,1-8H3;8,11H,5-7H2,1-4H3;1-2H3/t26-;8-;/m01./s1. The number of hydrazine groups is 1. The van der Waals surface area contributed by atoms with E-state index in [2.05, 4.69) is 99.9 Å². The number of piperazine rings is 1. The Morgan fingerprint density at radius 1 is 1.03 bits per heavy atom. The van der Waals surface area contributed by atoms with Gasteiger partial charge in [0.2, 0.25) is 0 Å². The molecule has 1 aliphatic carbocycles. The summed E-state index contributed by atoms with van der Waals surface area (Å²) in [4.78, 5) is 19.1. The van der Waals surface area contributed by atoms with Crippen molar-refractivity contribution < 1.29 is 38.2 Å². The van der Waals surface area contributed by atoms with Crippen LogP contribution in [0, 0.1) is 5.41 Å². The lowest BCUT2D eigenvalue weighted by Gasteiger charge is -2.33. The number of fused-ring (bicyclic) bond motifs is 1. The SMILES string of the molecule is CC.CO[C@@H](C)c1ncc(N2CCNCC2)cc1-c1c(CC2(COCO)CC2)c2cc(B3OC(C)(C)C(C)(C)O3)ccc2n1CCOC(C)C.C[C@@H]1CCCN(C(=O)OC(C)(C)C)N1. The van der Waals surface area contributed by atoms with Crippen LogP contribution in [-0.4, -0.2) is 122 Å². The summed E-state index contributed by atoms with van der Waals surface area (Å²) in [6, 6.07) is 9.31. The number of aromatic nitrogens is 2. The Balaban J connectivity index is 0.000000409. The number of rotatable bonds is 14. The average molecular weight is 893 g/mol. The highest BCUT2D eigenvalue weighted by atomic mass is 16.7. The molecule has 4 fully saturated rings. The Bertz CT molecular complexity index is 1960. The van der Waals surface area contributed by atoms with Gasteiger partial charge in [-0.15, -0.1) is 0 Å². The van der Waals surface area contributed by atoms with Gasteiger partial charge in [0, 0.05) is 68.9 Å². The molecule has 0 unspecified atom stereocenters. The smallest absolute Gasteiger partial charge is 0.443 e. The van der Waals surface area contributed by atoms with Crippen LogP contribution in [0.3, 0.4) is 0 Å². The van der Waals surface area contributed by atoms with Gasteiger partial charge in [0.25, 0.3) is 0 Å². The van der Waals surface area contributed by atoms with Crippen molar-refractivity contribution in [3.8, 4) is 11.3 Å². The molecule has 2 aromatic heterocycles. The fourth-order valence-corrected chi connectivity index (χ4v) is 8.45. The van der Waals surface area contributed by atoms with Crippen LogP contribution in [0.5, 0.6) is 0 Å². The maximum absolute atomic E-state index is 11.6. The number of ether oxygens (including phenoxy) is 4. The molecule has 64 heavy (non-hydrogen) atoms. The number of methoxy groups -OCH3 is 1. The number of nitrogens with one attached hydrogen (secondary N) is 2. The number of pyridine rings is 1. The van der Waals surface area contributed by atoms with E-state index < -0.39 is 23.9 Å². The Hall–Kier alpha value is -3.28. The molecule has 2 atom stereocenters. The van der Waals surface area contributed by atoms with Gasteiger partial charge in [-0.2, -0.15) is 0 Å². The first-order valence-electron chi connectivity index (χ1n) is 23.8. The van der Waals surface area contributed by atoms with Crippen LogP contribution in [0.4, 0.5) is 10.5 Å². The van der Waals surface area contributed by atoms with E-state index in [-0.39, 0.29) is 30.5 Å². The summed E-state index contributed by atoms with van der Waals surface area (Å²) in [5.41, 5.74) is 9.38. The lowest BCUT2D eigenvalue weighted by atomic mass is 9.78. The van der Waals surface area contributed by atoms with Crippen LogP contribution in [0.25, 0.3) is 22.2 Å². The molecule has 4 aliphatic rings. The number of aliphatic hydroxyl groups excluding tert-OH is 1. The summed E-state index contributed by atoms with van der Waals surface area (Å²) in [5.74, 6) is 0. The summed E-state index contributed by atoms with van der Waals surface area (Å²) in [6.07, 6.45) is 6.69. The molecule has 0 radical (unpaired) electrons. The average Bonchev–Trinajstić information content (AvgIpc) is 3.91. The van der Waals surface area contributed by atoms with Crippen molar-refractivity contribution in [2.75, 3.05) is 64.7 Å². The number of hydrogen-bond donors (Lipinski definition) is 3. The zero-order chi connectivity index (χ0) is 47.0. The summed E-state index contributed by atoms with van der Waals surface area (Å²) < 4.78 is 38.5. The Morgan fingerprint density at radius 3 is 2.28 bits per heavy atom. The van der Waals surface area contributed by atoms with E-state index in [0.717, 1.165) is 98.4 Å². The molecule has 0 bridgehead atoms. The lowest BCUT2D eigenvalue weighted by Crippen LogP contribution is -2.52. The summed E-state index contributed by atoms with van der Waals surface area (Å²) in [5, 5.41) is 15.8. The summed E-state index contributed by atoms with van der Waals surface area (Å²) >= 11 is 0. The van der Waals surface area contributed by atoms with Gasteiger partial charge in [-0.3, -0.25) is 4.98 Å². The Labute approximate surface area is 384 Å². The molecule has 14 nitrogen and oxygen atoms in total. The summed E-state index contributed by atoms with van der Waals surface area (Å²) in [6.45, 7) is 32.3. The minimum atomic E-state index is -0.474. The molecule has 3 aromatic rings.